The molecule has 0 spiro atoms. The molecule has 0 amide bonds. The average molecular weight is 629 g/mol. The fourth-order valence-corrected chi connectivity index (χ4v) is 4.87. The van der Waals surface area contributed by atoms with E-state index in [0.717, 1.165) is 0 Å². The van der Waals surface area contributed by atoms with Gasteiger partial charge < -0.3 is 79.5 Å². The Morgan fingerprint density at radius 1 is 0.651 bits per heavy atom. The molecule has 10 N–H and O–H groups in total. The molecule has 0 aromatic carbocycles. The second-order valence-corrected chi connectivity index (χ2v) is 10.9. The molecule has 3 heterocycles. The Morgan fingerprint density at radius 3 is 1.58 bits per heavy atom. The molecular weight excluding hydrogens is 584 g/mol. The van der Waals surface area contributed by atoms with Crippen molar-refractivity contribution in [3.63, 3.8) is 0 Å². The van der Waals surface area contributed by atoms with Crippen LogP contribution < -0.4 is 0 Å². The molecule has 0 radical (unpaired) electrons. The lowest BCUT2D eigenvalue weighted by atomic mass is 9.96. The van der Waals surface area contributed by atoms with Gasteiger partial charge in [0.25, 0.3) is 0 Å². The fraction of sp³-hybridized carbons (Fsp3) is 0.885. The Balaban J connectivity index is 1.62. The molecule has 0 aromatic heterocycles. The Kier molecular flexibility index (Phi) is 13.8. The third-order valence-corrected chi connectivity index (χ3v) is 7.78. The zero-order chi connectivity index (χ0) is 32.0. The van der Waals surface area contributed by atoms with E-state index in [1.54, 1.807) is 19.1 Å². The number of Topliss-reactive ketones (excluding diaryl/α,β-unsaturated/α-hetero) is 1. The molecule has 43 heavy (non-hydrogen) atoms. The summed E-state index contributed by atoms with van der Waals surface area (Å²) in [4.78, 5) is 11.3. The number of ketones is 1. The molecule has 16 atom stereocenters. The summed E-state index contributed by atoms with van der Waals surface area (Å²) >= 11 is 0. The first-order chi connectivity index (χ1) is 20.4. The predicted octanol–water partition coefficient (Wildman–Crippen LogP) is -5.38. The molecule has 0 saturated carbocycles. The number of aliphatic hydroxyl groups excluding tert-OH is 10. The molecule has 250 valence electrons. The first kappa shape index (κ1) is 36.2. The largest absolute Gasteiger partial charge is 0.394 e. The van der Waals surface area contributed by atoms with Gasteiger partial charge in [-0.05, 0) is 13.3 Å². The second kappa shape index (κ2) is 16.4. The topological polar surface area (TPSA) is 275 Å². The molecule has 6 unspecified atom stereocenters. The van der Waals surface area contributed by atoms with Gasteiger partial charge in [0.1, 0.15) is 79.0 Å². The molecule has 3 aliphatic rings. The number of hydrogen-bond donors (Lipinski definition) is 10. The van der Waals surface area contributed by atoms with Crippen LogP contribution in [0, 0.1) is 5.92 Å². The molecular formula is C26H44O17. The Hall–Kier alpha value is -1.23. The lowest BCUT2D eigenvalue weighted by molar-refractivity contribution is -0.379. The van der Waals surface area contributed by atoms with Crippen molar-refractivity contribution >= 4 is 5.78 Å². The van der Waals surface area contributed by atoms with E-state index in [-0.39, 0.29) is 18.3 Å². The van der Waals surface area contributed by atoms with Gasteiger partial charge in [-0.15, -0.1) is 0 Å². The van der Waals surface area contributed by atoms with Gasteiger partial charge in [-0.2, -0.15) is 0 Å². The third-order valence-electron chi connectivity index (χ3n) is 7.78. The molecule has 0 aliphatic carbocycles. The maximum absolute atomic E-state index is 11.3. The van der Waals surface area contributed by atoms with Crippen molar-refractivity contribution < 1.29 is 84.3 Å². The lowest BCUT2D eigenvalue weighted by Crippen LogP contribution is -2.66. The third kappa shape index (κ3) is 8.53. The average Bonchev–Trinajstić information content (AvgIpc) is 2.99. The van der Waals surface area contributed by atoms with Crippen LogP contribution in [-0.2, 0) is 33.2 Å². The van der Waals surface area contributed by atoms with E-state index in [1.165, 1.54) is 6.92 Å². The summed E-state index contributed by atoms with van der Waals surface area (Å²) in [5, 5.41) is 102. The van der Waals surface area contributed by atoms with Crippen molar-refractivity contribution in [3.05, 3.63) is 12.2 Å². The van der Waals surface area contributed by atoms with Crippen molar-refractivity contribution in [1.82, 2.24) is 0 Å². The van der Waals surface area contributed by atoms with Gasteiger partial charge in [0.2, 0.25) is 0 Å². The fourth-order valence-electron chi connectivity index (χ4n) is 4.87. The van der Waals surface area contributed by atoms with E-state index in [0.29, 0.717) is 6.42 Å². The van der Waals surface area contributed by atoms with Crippen LogP contribution in [0.3, 0.4) is 0 Å². The highest BCUT2D eigenvalue weighted by Gasteiger charge is 2.53. The second-order valence-electron chi connectivity index (χ2n) is 10.9. The van der Waals surface area contributed by atoms with E-state index in [9.17, 15) is 55.9 Å². The molecule has 17 heteroatoms. The number of rotatable bonds is 13. The van der Waals surface area contributed by atoms with Gasteiger partial charge in [0.05, 0.1) is 26.4 Å². The standard InChI is InChI=1S/C26H44O17/c1-10(11(2)30)5-3-4-6-38-24-20(36)17(33)22(13(8-28)40-24)43-26-21(37)18(34)23(14(9-29)41-26)42-25-19(35)16(32)15(31)12(7-27)39-25/h3-4,10,12-29,31-37H,5-9H2,1-2H3/b4-3+/t10-,12?,13?,14?,15-,16-,17+,18+,19?,20?,21?,22-,23-,24+,25-,26-/m0/s1. The molecule has 0 aromatic rings. The quantitative estimate of drug-likeness (QED) is 0.0852. The molecule has 17 nitrogen and oxygen atoms in total. The van der Waals surface area contributed by atoms with Crippen LogP contribution in [0.1, 0.15) is 20.3 Å². The predicted molar refractivity (Wildman–Crippen MR) is 139 cm³/mol. The lowest BCUT2D eigenvalue weighted by Gasteiger charge is -2.48. The summed E-state index contributed by atoms with van der Waals surface area (Å²) in [6.45, 7) is 0.908. The van der Waals surface area contributed by atoms with Crippen molar-refractivity contribution in [2.45, 2.75) is 112 Å². The Labute approximate surface area is 247 Å². The van der Waals surface area contributed by atoms with Crippen LogP contribution in [0.4, 0.5) is 0 Å². The summed E-state index contributed by atoms with van der Waals surface area (Å²) in [7, 11) is 0. The first-order valence-corrected chi connectivity index (χ1v) is 14.0. The van der Waals surface area contributed by atoms with E-state index >= 15 is 0 Å². The van der Waals surface area contributed by atoms with Crippen molar-refractivity contribution in [2.75, 3.05) is 26.4 Å². The van der Waals surface area contributed by atoms with Crippen LogP contribution in [0.15, 0.2) is 12.2 Å². The molecule has 3 aliphatic heterocycles. The van der Waals surface area contributed by atoms with Gasteiger partial charge in [-0.1, -0.05) is 19.1 Å². The number of aliphatic hydroxyl groups is 10. The zero-order valence-corrected chi connectivity index (χ0v) is 23.8. The smallest absolute Gasteiger partial charge is 0.187 e. The van der Waals surface area contributed by atoms with Crippen LogP contribution in [0.2, 0.25) is 0 Å². The van der Waals surface area contributed by atoms with Gasteiger partial charge in [0, 0.05) is 5.92 Å². The van der Waals surface area contributed by atoms with Crippen LogP contribution in [0.5, 0.6) is 0 Å². The SMILES string of the molecule is CC(=O)[C@@H](C)C/C=C/CO[C@@H]1OC(CO)[C@H](O[C@@H]2OC(CO)[C@H](O[C@@H]3OC(CO)[C@H](O)[C@H](O)C3O)[C@H](O)C2O)[C@H](O)C1O. The van der Waals surface area contributed by atoms with Crippen molar-refractivity contribution in [1.29, 1.82) is 0 Å². The molecule has 3 rings (SSSR count). The van der Waals surface area contributed by atoms with Crippen LogP contribution in [-0.4, -0.2) is 175 Å². The normalized spacial score (nSPS) is 44.9. The van der Waals surface area contributed by atoms with E-state index in [4.69, 9.17) is 28.4 Å². The summed E-state index contributed by atoms with van der Waals surface area (Å²) in [5.41, 5.74) is 0. The van der Waals surface area contributed by atoms with Gasteiger partial charge in [-0.25, -0.2) is 0 Å². The Bertz CT molecular complexity index is 886. The summed E-state index contributed by atoms with van der Waals surface area (Å²) in [5.74, 6) is -0.152. The van der Waals surface area contributed by atoms with E-state index in [2.05, 4.69) is 0 Å². The number of hydrogen-bond acceptors (Lipinski definition) is 17. The van der Waals surface area contributed by atoms with Crippen molar-refractivity contribution in [3.8, 4) is 0 Å². The molecule has 0 bridgehead atoms. The minimum Gasteiger partial charge on any atom is -0.394 e. The number of carbonyl (C=O) groups excluding carboxylic acids is 1. The van der Waals surface area contributed by atoms with Crippen LogP contribution in [0.25, 0.3) is 0 Å². The van der Waals surface area contributed by atoms with E-state index < -0.39 is 112 Å². The summed E-state index contributed by atoms with van der Waals surface area (Å²) in [6, 6.07) is 0. The van der Waals surface area contributed by atoms with Gasteiger partial charge in [0.15, 0.2) is 18.9 Å². The number of carbonyl (C=O) groups is 1. The number of ether oxygens (including phenoxy) is 6. The molecule has 3 saturated heterocycles. The number of allylic oxidation sites excluding steroid dienone is 1. The summed E-state index contributed by atoms with van der Waals surface area (Å²) < 4.78 is 32.9. The minimum atomic E-state index is -1.92. The Morgan fingerprint density at radius 2 is 1.09 bits per heavy atom. The van der Waals surface area contributed by atoms with Crippen LogP contribution >= 0.6 is 0 Å². The first-order valence-electron chi connectivity index (χ1n) is 14.0. The van der Waals surface area contributed by atoms with Crippen molar-refractivity contribution in [2.24, 2.45) is 5.92 Å². The van der Waals surface area contributed by atoms with E-state index in [1.807, 2.05) is 0 Å². The maximum Gasteiger partial charge on any atom is 0.187 e. The highest BCUT2D eigenvalue weighted by molar-refractivity contribution is 5.77. The highest BCUT2D eigenvalue weighted by Crippen LogP contribution is 2.32. The minimum absolute atomic E-state index is 0.0262. The zero-order valence-electron chi connectivity index (χ0n) is 23.8. The maximum atomic E-state index is 11.3. The summed E-state index contributed by atoms with van der Waals surface area (Å²) in [6.07, 6.45) is -20.8. The monoisotopic (exact) mass is 628 g/mol. The molecule has 3 fully saturated rings. The highest BCUT2D eigenvalue weighted by atomic mass is 16.8. The van der Waals surface area contributed by atoms with Gasteiger partial charge in [-0.3, -0.25) is 4.79 Å². The van der Waals surface area contributed by atoms with Gasteiger partial charge >= 0.3 is 0 Å².